The van der Waals surface area contributed by atoms with E-state index in [2.05, 4.69) is 17.2 Å². The second-order valence-corrected chi connectivity index (χ2v) is 5.02. The highest BCUT2D eigenvalue weighted by atomic mass is 16.5. The Morgan fingerprint density at radius 2 is 1.83 bits per heavy atom. The summed E-state index contributed by atoms with van der Waals surface area (Å²) in [5.41, 5.74) is 0.894. The molecular formula is C17H24N2O5. The van der Waals surface area contributed by atoms with Crippen LogP contribution in [0.3, 0.4) is 0 Å². The van der Waals surface area contributed by atoms with E-state index in [4.69, 9.17) is 14.2 Å². The Kier molecular flexibility index (Phi) is 8.18. The molecular weight excluding hydrogens is 312 g/mol. The molecule has 0 aliphatic carbocycles. The first-order chi connectivity index (χ1) is 11.5. The SMILES string of the molecule is C=CCOC(=O)NC[C@@H](CNC(C)=O)c1ccc(OC)c(OC)c1. The summed E-state index contributed by atoms with van der Waals surface area (Å²) in [6.07, 6.45) is 0.950. The molecule has 24 heavy (non-hydrogen) atoms. The summed E-state index contributed by atoms with van der Waals surface area (Å²) >= 11 is 0. The van der Waals surface area contributed by atoms with Crippen molar-refractivity contribution in [3.63, 3.8) is 0 Å². The van der Waals surface area contributed by atoms with Crippen LogP contribution >= 0.6 is 0 Å². The van der Waals surface area contributed by atoms with Gasteiger partial charge < -0.3 is 24.8 Å². The smallest absolute Gasteiger partial charge is 0.407 e. The third-order valence-electron chi connectivity index (χ3n) is 3.30. The van der Waals surface area contributed by atoms with Gasteiger partial charge in [-0.25, -0.2) is 4.79 Å². The van der Waals surface area contributed by atoms with Gasteiger partial charge in [-0.15, -0.1) is 0 Å². The molecule has 0 aliphatic rings. The lowest BCUT2D eigenvalue weighted by atomic mass is 9.98. The van der Waals surface area contributed by atoms with Gasteiger partial charge in [-0.3, -0.25) is 4.79 Å². The second kappa shape index (κ2) is 10.1. The van der Waals surface area contributed by atoms with E-state index in [1.807, 2.05) is 12.1 Å². The van der Waals surface area contributed by atoms with Crippen molar-refractivity contribution < 1.29 is 23.8 Å². The van der Waals surface area contributed by atoms with Crippen LogP contribution in [0.4, 0.5) is 4.79 Å². The van der Waals surface area contributed by atoms with Crippen molar-refractivity contribution in [2.75, 3.05) is 33.9 Å². The molecule has 7 nitrogen and oxygen atoms in total. The third-order valence-corrected chi connectivity index (χ3v) is 3.30. The molecule has 0 saturated heterocycles. The zero-order valence-electron chi connectivity index (χ0n) is 14.3. The van der Waals surface area contributed by atoms with Gasteiger partial charge in [-0.2, -0.15) is 0 Å². The van der Waals surface area contributed by atoms with Gasteiger partial charge in [-0.05, 0) is 17.7 Å². The predicted molar refractivity (Wildman–Crippen MR) is 90.5 cm³/mol. The predicted octanol–water partition coefficient (Wildman–Crippen LogP) is 1.84. The molecule has 0 heterocycles. The van der Waals surface area contributed by atoms with Gasteiger partial charge in [0.25, 0.3) is 0 Å². The minimum Gasteiger partial charge on any atom is -0.493 e. The number of ether oxygens (including phenoxy) is 3. The third kappa shape index (κ3) is 6.20. The minimum atomic E-state index is -0.539. The number of hydrogen-bond acceptors (Lipinski definition) is 5. The van der Waals surface area contributed by atoms with E-state index in [1.54, 1.807) is 20.3 Å². The normalized spacial score (nSPS) is 11.1. The van der Waals surface area contributed by atoms with Gasteiger partial charge in [0.05, 0.1) is 14.2 Å². The Morgan fingerprint density at radius 3 is 2.42 bits per heavy atom. The molecule has 1 rings (SSSR count). The number of hydrogen-bond donors (Lipinski definition) is 2. The largest absolute Gasteiger partial charge is 0.493 e. The number of methoxy groups -OCH3 is 2. The Bertz CT molecular complexity index is 574. The summed E-state index contributed by atoms with van der Waals surface area (Å²) in [5, 5.41) is 5.43. The fourth-order valence-corrected chi connectivity index (χ4v) is 2.07. The minimum absolute atomic E-state index is 0.137. The molecule has 2 N–H and O–H groups in total. The van der Waals surface area contributed by atoms with Gasteiger partial charge in [0.15, 0.2) is 11.5 Å². The van der Waals surface area contributed by atoms with E-state index in [0.717, 1.165) is 5.56 Å². The average Bonchev–Trinajstić information content (AvgIpc) is 2.59. The van der Waals surface area contributed by atoms with Gasteiger partial charge >= 0.3 is 6.09 Å². The zero-order valence-corrected chi connectivity index (χ0v) is 14.3. The average molecular weight is 336 g/mol. The highest BCUT2D eigenvalue weighted by Gasteiger charge is 2.16. The maximum absolute atomic E-state index is 11.6. The van der Waals surface area contributed by atoms with E-state index < -0.39 is 6.09 Å². The van der Waals surface area contributed by atoms with E-state index in [0.29, 0.717) is 24.6 Å². The van der Waals surface area contributed by atoms with Crippen LogP contribution in [0.15, 0.2) is 30.9 Å². The maximum atomic E-state index is 11.6. The first-order valence-corrected chi connectivity index (χ1v) is 7.49. The first kappa shape index (κ1) is 19.3. The van der Waals surface area contributed by atoms with E-state index in [-0.39, 0.29) is 18.4 Å². The number of carbonyl (C=O) groups is 2. The number of amides is 2. The molecule has 0 fully saturated rings. The highest BCUT2D eigenvalue weighted by molar-refractivity contribution is 5.73. The molecule has 7 heteroatoms. The Morgan fingerprint density at radius 1 is 1.17 bits per heavy atom. The van der Waals surface area contributed by atoms with Crippen molar-refractivity contribution in [3.8, 4) is 11.5 Å². The Labute approximate surface area is 142 Å². The summed E-state index contributed by atoms with van der Waals surface area (Å²) in [5.74, 6) is 0.898. The summed E-state index contributed by atoms with van der Waals surface area (Å²) < 4.78 is 15.4. The topological polar surface area (TPSA) is 85.9 Å². The number of benzene rings is 1. The van der Waals surface area contributed by atoms with E-state index in [1.165, 1.54) is 13.0 Å². The number of rotatable bonds is 9. The van der Waals surface area contributed by atoms with E-state index >= 15 is 0 Å². The van der Waals surface area contributed by atoms with E-state index in [9.17, 15) is 9.59 Å². The quantitative estimate of drug-likeness (QED) is 0.672. The lowest BCUT2D eigenvalue weighted by molar-refractivity contribution is -0.119. The Balaban J connectivity index is 2.86. The number of nitrogens with one attached hydrogen (secondary N) is 2. The molecule has 132 valence electrons. The number of carbonyl (C=O) groups excluding carboxylic acids is 2. The fraction of sp³-hybridized carbons (Fsp3) is 0.412. The van der Waals surface area contributed by atoms with Crippen molar-refractivity contribution in [2.45, 2.75) is 12.8 Å². The molecule has 1 aromatic rings. The van der Waals surface area contributed by atoms with Crippen LogP contribution in [0.25, 0.3) is 0 Å². The van der Waals surface area contributed by atoms with Crippen LogP contribution in [0.1, 0.15) is 18.4 Å². The lowest BCUT2D eigenvalue weighted by Crippen LogP contribution is -2.35. The van der Waals surface area contributed by atoms with Crippen LogP contribution < -0.4 is 20.1 Å². The molecule has 0 saturated carbocycles. The van der Waals surface area contributed by atoms with Crippen molar-refractivity contribution in [2.24, 2.45) is 0 Å². The van der Waals surface area contributed by atoms with Gasteiger partial charge in [0, 0.05) is 25.9 Å². The van der Waals surface area contributed by atoms with Gasteiger partial charge in [0.2, 0.25) is 5.91 Å². The van der Waals surface area contributed by atoms with Crippen LogP contribution in [-0.4, -0.2) is 45.9 Å². The number of alkyl carbamates (subject to hydrolysis) is 1. The van der Waals surface area contributed by atoms with Crippen LogP contribution in [-0.2, 0) is 9.53 Å². The second-order valence-electron chi connectivity index (χ2n) is 5.02. The molecule has 0 aliphatic heterocycles. The summed E-state index contributed by atoms with van der Waals surface area (Å²) in [6.45, 7) is 5.73. The molecule has 0 unspecified atom stereocenters. The molecule has 1 aromatic carbocycles. The van der Waals surface area contributed by atoms with Gasteiger partial charge in [-0.1, -0.05) is 18.7 Å². The molecule has 0 spiro atoms. The summed E-state index contributed by atoms with van der Waals surface area (Å²) in [7, 11) is 3.11. The monoisotopic (exact) mass is 336 g/mol. The standard InChI is InChI=1S/C17H24N2O5/c1-5-8-24-17(21)19-11-14(10-18-12(2)20)13-6-7-15(22-3)16(9-13)23-4/h5-7,9,14H,1,8,10-11H2,2-4H3,(H,18,20)(H,19,21)/t14-/m1/s1. The van der Waals surface area contributed by atoms with Crippen LogP contribution in [0.2, 0.25) is 0 Å². The highest BCUT2D eigenvalue weighted by Crippen LogP contribution is 2.30. The van der Waals surface area contributed by atoms with Crippen molar-refractivity contribution in [1.82, 2.24) is 10.6 Å². The van der Waals surface area contributed by atoms with Crippen molar-refractivity contribution in [3.05, 3.63) is 36.4 Å². The summed E-state index contributed by atoms with van der Waals surface area (Å²) in [6, 6.07) is 5.47. The van der Waals surface area contributed by atoms with Crippen molar-refractivity contribution in [1.29, 1.82) is 0 Å². The Hall–Kier alpha value is -2.70. The summed E-state index contributed by atoms with van der Waals surface area (Å²) in [4.78, 5) is 22.8. The molecule has 0 aromatic heterocycles. The van der Waals surface area contributed by atoms with Crippen molar-refractivity contribution >= 4 is 12.0 Å². The van der Waals surface area contributed by atoms with Gasteiger partial charge in [0.1, 0.15) is 6.61 Å². The van der Waals surface area contributed by atoms with Crippen LogP contribution in [0, 0.1) is 0 Å². The lowest BCUT2D eigenvalue weighted by Gasteiger charge is -2.19. The molecule has 0 bridgehead atoms. The molecule has 0 radical (unpaired) electrons. The maximum Gasteiger partial charge on any atom is 0.407 e. The molecule has 1 atom stereocenters. The molecule has 2 amide bonds. The van der Waals surface area contributed by atoms with Crippen LogP contribution in [0.5, 0.6) is 11.5 Å². The zero-order chi connectivity index (χ0) is 17.9. The first-order valence-electron chi connectivity index (χ1n) is 7.49. The fourth-order valence-electron chi connectivity index (χ4n) is 2.07.